The Hall–Kier alpha value is -2.12. The van der Waals surface area contributed by atoms with E-state index in [4.69, 9.17) is 4.98 Å². The summed E-state index contributed by atoms with van der Waals surface area (Å²) < 4.78 is 14.2. The molecule has 2 heterocycles. The fourth-order valence-corrected chi connectivity index (χ4v) is 5.11. The topological polar surface area (TPSA) is 36.4 Å². The first kappa shape index (κ1) is 19.2. The first-order valence-corrected chi connectivity index (χ1v) is 11.2. The van der Waals surface area contributed by atoms with Crippen LogP contribution in [-0.4, -0.2) is 47.7 Å². The molecule has 146 valence electrons. The summed E-state index contributed by atoms with van der Waals surface area (Å²) in [7, 11) is 0. The van der Waals surface area contributed by atoms with Gasteiger partial charge in [-0.05, 0) is 48.4 Å². The second-order valence-electron chi connectivity index (χ2n) is 6.76. The van der Waals surface area contributed by atoms with Gasteiger partial charge in [0.15, 0.2) is 5.13 Å². The van der Waals surface area contributed by atoms with Crippen LogP contribution in [0.2, 0.25) is 0 Å². The molecule has 3 aromatic rings. The van der Waals surface area contributed by atoms with Gasteiger partial charge >= 0.3 is 0 Å². The largest absolute Gasteiger partial charge is 0.345 e. The highest BCUT2D eigenvalue weighted by Gasteiger charge is 2.23. The Morgan fingerprint density at radius 1 is 1.14 bits per heavy atom. The third-order valence-electron chi connectivity index (χ3n) is 4.93. The number of aryl methyl sites for hydroxylation is 1. The normalized spacial score (nSPS) is 14.6. The quantitative estimate of drug-likeness (QED) is 0.578. The molecule has 4 nitrogen and oxygen atoms in total. The van der Waals surface area contributed by atoms with E-state index in [9.17, 15) is 9.18 Å². The van der Waals surface area contributed by atoms with E-state index in [1.165, 1.54) is 34.2 Å². The summed E-state index contributed by atoms with van der Waals surface area (Å²) >= 11 is 3.18. The second kappa shape index (κ2) is 8.49. The monoisotopic (exact) mass is 415 g/mol. The van der Waals surface area contributed by atoms with Crippen molar-refractivity contribution in [3.63, 3.8) is 0 Å². The number of hydrogen-bond acceptors (Lipinski definition) is 5. The van der Waals surface area contributed by atoms with Crippen LogP contribution in [0.1, 0.15) is 12.5 Å². The first-order chi connectivity index (χ1) is 13.6. The van der Waals surface area contributed by atoms with Crippen molar-refractivity contribution in [1.29, 1.82) is 0 Å². The molecule has 1 aromatic heterocycles. The number of aromatic nitrogens is 1. The number of amides is 1. The van der Waals surface area contributed by atoms with E-state index in [1.54, 1.807) is 23.5 Å². The summed E-state index contributed by atoms with van der Waals surface area (Å²) in [6.07, 6.45) is 1.03. The molecule has 1 aliphatic rings. The SMILES string of the molecule is CCc1ccc2nc(N3CCN(C(=O)CSc4ccc(F)cc4)CC3)sc2c1. The molecule has 0 radical (unpaired) electrons. The number of nitrogens with zero attached hydrogens (tertiary/aromatic N) is 3. The maximum Gasteiger partial charge on any atom is 0.233 e. The number of benzene rings is 2. The number of halogens is 1. The van der Waals surface area contributed by atoms with Gasteiger partial charge in [-0.2, -0.15) is 0 Å². The molecule has 0 aliphatic carbocycles. The molecule has 0 unspecified atom stereocenters. The number of hydrogen-bond donors (Lipinski definition) is 0. The predicted octanol–water partition coefficient (Wildman–Crippen LogP) is 4.44. The highest BCUT2D eigenvalue weighted by molar-refractivity contribution is 8.00. The number of thioether (sulfide) groups is 1. The number of rotatable bonds is 5. The summed E-state index contributed by atoms with van der Waals surface area (Å²) in [5, 5.41) is 1.04. The lowest BCUT2D eigenvalue weighted by atomic mass is 10.2. The first-order valence-electron chi connectivity index (χ1n) is 9.43. The minimum Gasteiger partial charge on any atom is -0.345 e. The van der Waals surface area contributed by atoms with Crippen molar-refractivity contribution in [3.05, 3.63) is 53.8 Å². The standard InChI is InChI=1S/C21H22FN3OS2/c1-2-15-3-8-18-19(13-15)28-21(23-18)25-11-9-24(10-12-25)20(26)14-27-17-6-4-16(22)5-7-17/h3-8,13H,2,9-12,14H2,1H3. The van der Waals surface area contributed by atoms with E-state index < -0.39 is 0 Å². The van der Waals surface area contributed by atoms with E-state index >= 15 is 0 Å². The molecule has 1 aliphatic heterocycles. The molecule has 28 heavy (non-hydrogen) atoms. The second-order valence-corrected chi connectivity index (χ2v) is 8.82. The Labute approximate surface area is 172 Å². The fourth-order valence-electron chi connectivity index (χ4n) is 3.23. The number of thiazole rings is 1. The summed E-state index contributed by atoms with van der Waals surface area (Å²) in [5.74, 6) is 0.255. The van der Waals surface area contributed by atoms with Gasteiger partial charge in [-0.25, -0.2) is 9.37 Å². The molecular formula is C21H22FN3OS2. The van der Waals surface area contributed by atoms with Gasteiger partial charge in [0.1, 0.15) is 5.82 Å². The smallest absolute Gasteiger partial charge is 0.233 e. The van der Waals surface area contributed by atoms with Crippen molar-refractivity contribution >= 4 is 44.4 Å². The molecule has 0 bridgehead atoms. The number of carbonyl (C=O) groups excluding carboxylic acids is 1. The van der Waals surface area contributed by atoms with Gasteiger partial charge in [0.05, 0.1) is 16.0 Å². The highest BCUT2D eigenvalue weighted by atomic mass is 32.2. The van der Waals surface area contributed by atoms with Crippen LogP contribution in [-0.2, 0) is 11.2 Å². The lowest BCUT2D eigenvalue weighted by Gasteiger charge is -2.34. The van der Waals surface area contributed by atoms with Crippen LogP contribution >= 0.6 is 23.1 Å². The van der Waals surface area contributed by atoms with Gasteiger partial charge in [0.25, 0.3) is 0 Å². The van der Waals surface area contributed by atoms with Crippen molar-refractivity contribution in [2.24, 2.45) is 0 Å². The van der Waals surface area contributed by atoms with Gasteiger partial charge in [-0.15, -0.1) is 11.8 Å². The Bertz CT molecular complexity index is 965. The van der Waals surface area contributed by atoms with Crippen molar-refractivity contribution < 1.29 is 9.18 Å². The van der Waals surface area contributed by atoms with Crippen molar-refractivity contribution in [1.82, 2.24) is 9.88 Å². The molecule has 0 N–H and O–H groups in total. The average Bonchev–Trinajstić information content (AvgIpc) is 3.16. The van der Waals surface area contributed by atoms with Crippen LogP contribution in [0.5, 0.6) is 0 Å². The molecular weight excluding hydrogens is 393 g/mol. The fraction of sp³-hybridized carbons (Fsp3) is 0.333. The summed E-state index contributed by atoms with van der Waals surface area (Å²) in [5.41, 5.74) is 2.38. The Morgan fingerprint density at radius 3 is 2.61 bits per heavy atom. The zero-order chi connectivity index (χ0) is 19.5. The van der Waals surface area contributed by atoms with Gasteiger partial charge in [-0.1, -0.05) is 24.3 Å². The van der Waals surface area contributed by atoms with E-state index in [1.807, 2.05) is 4.90 Å². The third kappa shape index (κ3) is 4.31. The van der Waals surface area contributed by atoms with Crippen LogP contribution in [0, 0.1) is 5.82 Å². The number of carbonyl (C=O) groups is 1. The van der Waals surface area contributed by atoms with Crippen LogP contribution in [0.25, 0.3) is 10.2 Å². The number of anilines is 1. The van der Waals surface area contributed by atoms with Crippen molar-refractivity contribution in [3.8, 4) is 0 Å². The zero-order valence-electron chi connectivity index (χ0n) is 15.7. The lowest BCUT2D eigenvalue weighted by molar-refractivity contribution is -0.128. The van der Waals surface area contributed by atoms with Crippen LogP contribution in [0.15, 0.2) is 47.4 Å². The molecule has 1 saturated heterocycles. The van der Waals surface area contributed by atoms with Crippen molar-refractivity contribution in [2.45, 2.75) is 18.2 Å². The molecule has 7 heteroatoms. The number of piperazine rings is 1. The number of fused-ring (bicyclic) bond motifs is 1. The van der Waals surface area contributed by atoms with Crippen molar-refractivity contribution in [2.75, 3.05) is 36.8 Å². The molecule has 0 saturated carbocycles. The average molecular weight is 416 g/mol. The van der Waals surface area contributed by atoms with E-state index in [-0.39, 0.29) is 11.7 Å². The Kier molecular flexibility index (Phi) is 5.82. The maximum absolute atomic E-state index is 13.0. The maximum atomic E-state index is 13.0. The van der Waals surface area contributed by atoms with Crippen LogP contribution in [0.3, 0.4) is 0 Å². The zero-order valence-corrected chi connectivity index (χ0v) is 17.4. The van der Waals surface area contributed by atoms with Crippen LogP contribution < -0.4 is 4.90 Å². The van der Waals surface area contributed by atoms with E-state index in [0.717, 1.165) is 35.1 Å². The molecule has 0 spiro atoms. The minimum absolute atomic E-state index is 0.130. The molecule has 0 atom stereocenters. The summed E-state index contributed by atoms with van der Waals surface area (Å²) in [4.78, 5) is 22.4. The van der Waals surface area contributed by atoms with Gasteiger partial charge < -0.3 is 9.80 Å². The van der Waals surface area contributed by atoms with Gasteiger partial charge in [0.2, 0.25) is 5.91 Å². The van der Waals surface area contributed by atoms with Gasteiger partial charge in [0, 0.05) is 31.1 Å². The molecule has 1 amide bonds. The highest BCUT2D eigenvalue weighted by Crippen LogP contribution is 2.30. The minimum atomic E-state index is -0.257. The van der Waals surface area contributed by atoms with E-state index in [0.29, 0.717) is 18.8 Å². The van der Waals surface area contributed by atoms with E-state index in [2.05, 4.69) is 30.0 Å². The Morgan fingerprint density at radius 2 is 1.89 bits per heavy atom. The molecule has 2 aromatic carbocycles. The lowest BCUT2D eigenvalue weighted by Crippen LogP contribution is -2.49. The van der Waals surface area contributed by atoms with Gasteiger partial charge in [-0.3, -0.25) is 4.79 Å². The predicted molar refractivity (Wildman–Crippen MR) is 115 cm³/mol. The van der Waals surface area contributed by atoms with Crippen LogP contribution in [0.4, 0.5) is 9.52 Å². The molecule has 4 rings (SSSR count). The summed E-state index contributed by atoms with van der Waals surface area (Å²) in [6, 6.07) is 12.7. The summed E-state index contributed by atoms with van der Waals surface area (Å²) in [6.45, 7) is 5.17. The molecule has 1 fully saturated rings. The third-order valence-corrected chi connectivity index (χ3v) is 7.00. The Balaban J connectivity index is 1.32.